The second kappa shape index (κ2) is 10.8. The Labute approximate surface area is 164 Å². The number of rotatable bonds is 10. The molecule has 0 spiro atoms. The van der Waals surface area contributed by atoms with Crippen LogP contribution in [-0.4, -0.2) is 36.2 Å². The van der Waals surface area contributed by atoms with E-state index in [1.54, 1.807) is 13.8 Å². The van der Waals surface area contributed by atoms with Gasteiger partial charge in [-0.05, 0) is 38.2 Å². The molecule has 1 fully saturated rings. The first kappa shape index (κ1) is 21.0. The SMILES string of the molecule is CCOC(=O)/C(=C/C(=N)SCc1ccccc1)NC(C(=O)OCC)C1CC1. The first-order valence-corrected chi connectivity index (χ1v) is 10.1. The van der Waals surface area contributed by atoms with Crippen LogP contribution in [0.15, 0.2) is 42.1 Å². The number of esters is 2. The summed E-state index contributed by atoms with van der Waals surface area (Å²) in [6.45, 7) is 3.97. The monoisotopic (exact) mass is 390 g/mol. The zero-order chi connectivity index (χ0) is 19.6. The average molecular weight is 391 g/mol. The highest BCUT2D eigenvalue weighted by atomic mass is 32.2. The average Bonchev–Trinajstić information content (AvgIpc) is 3.49. The fourth-order valence-corrected chi connectivity index (χ4v) is 3.19. The predicted molar refractivity (Wildman–Crippen MR) is 106 cm³/mol. The molecular formula is C20H26N2O4S. The van der Waals surface area contributed by atoms with Gasteiger partial charge >= 0.3 is 11.9 Å². The summed E-state index contributed by atoms with van der Waals surface area (Å²) in [5, 5.41) is 11.4. The van der Waals surface area contributed by atoms with Crippen LogP contribution in [0, 0.1) is 11.3 Å². The van der Waals surface area contributed by atoms with Crippen LogP contribution >= 0.6 is 11.8 Å². The lowest BCUT2D eigenvalue weighted by Gasteiger charge is -2.19. The van der Waals surface area contributed by atoms with Gasteiger partial charge in [0.2, 0.25) is 0 Å². The molecule has 7 heteroatoms. The van der Waals surface area contributed by atoms with Crippen molar-refractivity contribution in [3.05, 3.63) is 47.7 Å². The van der Waals surface area contributed by atoms with Crippen molar-refractivity contribution in [3.8, 4) is 0 Å². The zero-order valence-electron chi connectivity index (χ0n) is 15.7. The van der Waals surface area contributed by atoms with Crippen molar-refractivity contribution >= 4 is 28.7 Å². The van der Waals surface area contributed by atoms with Crippen LogP contribution in [0.3, 0.4) is 0 Å². The van der Waals surface area contributed by atoms with Crippen LogP contribution in [0.2, 0.25) is 0 Å². The first-order valence-electron chi connectivity index (χ1n) is 9.12. The van der Waals surface area contributed by atoms with E-state index in [0.29, 0.717) is 5.75 Å². The van der Waals surface area contributed by atoms with Crippen LogP contribution in [-0.2, 0) is 24.8 Å². The number of hydrogen-bond acceptors (Lipinski definition) is 7. The van der Waals surface area contributed by atoms with E-state index in [4.69, 9.17) is 14.9 Å². The smallest absolute Gasteiger partial charge is 0.354 e. The van der Waals surface area contributed by atoms with Gasteiger partial charge in [-0.2, -0.15) is 0 Å². The molecule has 0 aromatic heterocycles. The van der Waals surface area contributed by atoms with E-state index in [1.165, 1.54) is 17.8 Å². The van der Waals surface area contributed by atoms with Crippen molar-refractivity contribution in [1.29, 1.82) is 5.41 Å². The fourth-order valence-electron chi connectivity index (χ4n) is 2.47. The van der Waals surface area contributed by atoms with Crippen molar-refractivity contribution in [2.45, 2.75) is 38.5 Å². The number of benzene rings is 1. The number of carbonyl (C=O) groups is 2. The minimum Gasteiger partial charge on any atom is -0.464 e. The topological polar surface area (TPSA) is 88.5 Å². The Morgan fingerprint density at radius 1 is 1.22 bits per heavy atom. The number of thioether (sulfide) groups is 1. The predicted octanol–water partition coefficient (Wildman–Crippen LogP) is 3.28. The molecule has 2 rings (SSSR count). The minimum absolute atomic E-state index is 0.118. The molecule has 27 heavy (non-hydrogen) atoms. The van der Waals surface area contributed by atoms with E-state index >= 15 is 0 Å². The van der Waals surface area contributed by atoms with Gasteiger partial charge < -0.3 is 14.8 Å². The second-order valence-electron chi connectivity index (χ2n) is 6.13. The molecule has 6 nitrogen and oxygen atoms in total. The Morgan fingerprint density at radius 3 is 2.48 bits per heavy atom. The van der Waals surface area contributed by atoms with Gasteiger partial charge in [-0.3, -0.25) is 5.41 Å². The summed E-state index contributed by atoms with van der Waals surface area (Å²) in [7, 11) is 0. The minimum atomic E-state index is -0.590. The van der Waals surface area contributed by atoms with Gasteiger partial charge in [-0.25, -0.2) is 9.59 Å². The summed E-state index contributed by atoms with van der Waals surface area (Å²) in [4.78, 5) is 24.5. The normalized spacial score (nSPS) is 15.0. The number of hydrogen-bond donors (Lipinski definition) is 2. The van der Waals surface area contributed by atoms with Gasteiger partial charge in [0.05, 0.1) is 18.3 Å². The maximum absolute atomic E-state index is 12.3. The molecule has 1 aliphatic rings. The third-order valence-corrected chi connectivity index (χ3v) is 4.86. The number of ether oxygens (including phenoxy) is 2. The van der Waals surface area contributed by atoms with Crippen LogP contribution in [0.5, 0.6) is 0 Å². The van der Waals surface area contributed by atoms with E-state index in [2.05, 4.69) is 5.32 Å². The molecule has 0 bridgehead atoms. The molecule has 0 aliphatic heterocycles. The lowest BCUT2D eigenvalue weighted by atomic mass is 10.1. The molecule has 1 saturated carbocycles. The second-order valence-corrected chi connectivity index (χ2v) is 7.15. The Hall–Kier alpha value is -2.28. The Morgan fingerprint density at radius 2 is 1.89 bits per heavy atom. The third-order valence-electron chi connectivity index (χ3n) is 3.95. The molecule has 0 amide bonds. The highest BCUT2D eigenvalue weighted by Crippen LogP contribution is 2.33. The summed E-state index contributed by atoms with van der Waals surface area (Å²) >= 11 is 1.31. The van der Waals surface area contributed by atoms with Crippen molar-refractivity contribution < 1.29 is 19.1 Å². The maximum atomic E-state index is 12.3. The summed E-state index contributed by atoms with van der Waals surface area (Å²) in [5.41, 5.74) is 1.21. The van der Waals surface area contributed by atoms with Crippen molar-refractivity contribution in [2.75, 3.05) is 13.2 Å². The number of carbonyl (C=O) groups excluding carboxylic acids is 2. The fraction of sp³-hybridized carbons (Fsp3) is 0.450. The first-order chi connectivity index (χ1) is 13.0. The van der Waals surface area contributed by atoms with Crippen molar-refractivity contribution in [1.82, 2.24) is 5.32 Å². The lowest BCUT2D eigenvalue weighted by molar-refractivity contribution is -0.146. The lowest BCUT2D eigenvalue weighted by Crippen LogP contribution is -2.41. The van der Waals surface area contributed by atoms with E-state index in [9.17, 15) is 9.59 Å². The summed E-state index contributed by atoms with van der Waals surface area (Å²) in [6.07, 6.45) is 3.25. The molecule has 146 valence electrons. The van der Waals surface area contributed by atoms with Crippen molar-refractivity contribution in [3.63, 3.8) is 0 Å². The maximum Gasteiger partial charge on any atom is 0.354 e. The van der Waals surface area contributed by atoms with Crippen LogP contribution < -0.4 is 5.32 Å². The number of nitrogens with one attached hydrogen (secondary N) is 2. The van der Waals surface area contributed by atoms with Gasteiger partial charge in [0, 0.05) is 11.8 Å². The largest absolute Gasteiger partial charge is 0.464 e. The van der Waals surface area contributed by atoms with E-state index in [-0.39, 0.29) is 35.8 Å². The van der Waals surface area contributed by atoms with E-state index in [0.717, 1.165) is 18.4 Å². The molecule has 1 aliphatic carbocycles. The molecule has 1 unspecified atom stereocenters. The van der Waals surface area contributed by atoms with Gasteiger partial charge in [0.25, 0.3) is 0 Å². The molecule has 0 heterocycles. The standard InChI is InChI=1S/C20H26N2O4S/c1-3-25-19(23)16(22-18(15-10-11-15)20(24)26-4-2)12-17(21)27-13-14-8-6-5-7-9-14/h5-9,12,15,18,21-22H,3-4,10-11,13H2,1-2H3/b16-12-,21-17?. The molecule has 1 atom stereocenters. The zero-order valence-corrected chi connectivity index (χ0v) is 16.5. The third kappa shape index (κ3) is 7.09. The molecule has 2 N–H and O–H groups in total. The summed E-state index contributed by atoms with van der Waals surface area (Å²) in [6, 6.07) is 9.21. The Kier molecular flexibility index (Phi) is 8.39. The molecule has 0 radical (unpaired) electrons. The quantitative estimate of drug-likeness (QED) is 0.276. The highest BCUT2D eigenvalue weighted by molar-refractivity contribution is 8.13. The summed E-state index contributed by atoms with van der Waals surface area (Å²) in [5.74, 6) is -0.180. The molecule has 1 aromatic carbocycles. The molecule has 0 saturated heterocycles. The summed E-state index contributed by atoms with van der Waals surface area (Å²) < 4.78 is 10.2. The van der Waals surface area contributed by atoms with Crippen LogP contribution in [0.25, 0.3) is 0 Å². The molecule has 1 aromatic rings. The van der Waals surface area contributed by atoms with Gasteiger partial charge in [-0.1, -0.05) is 30.3 Å². The highest BCUT2D eigenvalue weighted by Gasteiger charge is 2.38. The van der Waals surface area contributed by atoms with Crippen molar-refractivity contribution in [2.24, 2.45) is 5.92 Å². The van der Waals surface area contributed by atoms with Gasteiger partial charge in [-0.15, -0.1) is 11.8 Å². The molecular weight excluding hydrogens is 364 g/mol. The van der Waals surface area contributed by atoms with Gasteiger partial charge in [0.1, 0.15) is 11.7 Å². The Balaban J connectivity index is 2.07. The van der Waals surface area contributed by atoms with E-state index < -0.39 is 12.0 Å². The Bertz CT molecular complexity index is 686. The van der Waals surface area contributed by atoms with Gasteiger partial charge in [0.15, 0.2) is 0 Å². The van der Waals surface area contributed by atoms with Crippen LogP contribution in [0.4, 0.5) is 0 Å². The van der Waals surface area contributed by atoms with Crippen LogP contribution in [0.1, 0.15) is 32.3 Å². The van der Waals surface area contributed by atoms with E-state index in [1.807, 2.05) is 30.3 Å².